The van der Waals surface area contributed by atoms with Crippen LogP contribution in [0.1, 0.15) is 26.7 Å². The molecule has 0 aliphatic rings. The van der Waals surface area contributed by atoms with Crippen LogP contribution in [0, 0.1) is 5.92 Å². The summed E-state index contributed by atoms with van der Waals surface area (Å²) in [5.41, 5.74) is 6.29. The maximum absolute atomic E-state index is 12.0. The van der Waals surface area contributed by atoms with Gasteiger partial charge in [0.05, 0.1) is 18.4 Å². The molecule has 1 unspecified atom stereocenters. The molecular weight excluding hydrogens is 316 g/mol. The number of carbonyl (C=O) groups excluding carboxylic acids is 1. The van der Waals surface area contributed by atoms with Crippen molar-refractivity contribution >= 4 is 21.4 Å². The van der Waals surface area contributed by atoms with Crippen LogP contribution in [0.15, 0.2) is 24.3 Å². The van der Waals surface area contributed by atoms with Crippen LogP contribution in [-0.4, -0.2) is 39.0 Å². The van der Waals surface area contributed by atoms with Crippen LogP contribution in [0.3, 0.4) is 0 Å². The molecule has 1 atom stereocenters. The fraction of sp³-hybridized carbons (Fsp3) is 0.562. The quantitative estimate of drug-likeness (QED) is 0.713. The molecule has 0 aliphatic heterocycles. The third-order valence-corrected chi connectivity index (χ3v) is 4.18. The van der Waals surface area contributed by atoms with E-state index in [1.54, 1.807) is 18.2 Å². The van der Waals surface area contributed by atoms with Gasteiger partial charge in [-0.05, 0) is 30.9 Å². The SMILES string of the molecule is CC(C)CCOc1cccc(NC(=O)C(N)CCS(C)(=O)=O)c1. The van der Waals surface area contributed by atoms with Crippen molar-refractivity contribution in [3.8, 4) is 5.75 Å². The molecule has 0 radical (unpaired) electrons. The number of benzene rings is 1. The predicted molar refractivity (Wildman–Crippen MR) is 92.3 cm³/mol. The minimum absolute atomic E-state index is 0.0925. The van der Waals surface area contributed by atoms with Crippen molar-refractivity contribution < 1.29 is 17.9 Å². The first-order valence-corrected chi connectivity index (χ1v) is 9.70. The molecule has 23 heavy (non-hydrogen) atoms. The second kappa shape index (κ2) is 8.88. The molecule has 7 heteroatoms. The summed E-state index contributed by atoms with van der Waals surface area (Å²) >= 11 is 0. The van der Waals surface area contributed by atoms with Crippen molar-refractivity contribution in [3.63, 3.8) is 0 Å². The summed E-state index contributed by atoms with van der Waals surface area (Å²) in [5.74, 6) is 0.715. The van der Waals surface area contributed by atoms with Gasteiger partial charge in [0.2, 0.25) is 5.91 Å². The molecule has 0 spiro atoms. The van der Waals surface area contributed by atoms with Crippen molar-refractivity contribution in [2.45, 2.75) is 32.7 Å². The third kappa shape index (κ3) is 8.56. The maximum atomic E-state index is 12.0. The van der Waals surface area contributed by atoms with Crippen LogP contribution in [0.25, 0.3) is 0 Å². The second-order valence-electron chi connectivity index (χ2n) is 6.07. The van der Waals surface area contributed by atoms with Gasteiger partial charge in [-0.1, -0.05) is 19.9 Å². The molecule has 0 saturated carbocycles. The zero-order chi connectivity index (χ0) is 17.5. The maximum Gasteiger partial charge on any atom is 0.241 e. The molecule has 0 aliphatic carbocycles. The Morgan fingerprint density at radius 2 is 2.00 bits per heavy atom. The first-order chi connectivity index (χ1) is 10.7. The highest BCUT2D eigenvalue weighted by Crippen LogP contribution is 2.18. The van der Waals surface area contributed by atoms with E-state index < -0.39 is 21.8 Å². The lowest BCUT2D eigenvalue weighted by atomic mass is 10.1. The van der Waals surface area contributed by atoms with Crippen LogP contribution in [0.4, 0.5) is 5.69 Å². The first-order valence-electron chi connectivity index (χ1n) is 7.64. The highest BCUT2D eigenvalue weighted by Gasteiger charge is 2.16. The number of ether oxygens (including phenoxy) is 1. The van der Waals surface area contributed by atoms with Crippen LogP contribution in [-0.2, 0) is 14.6 Å². The number of nitrogens with one attached hydrogen (secondary N) is 1. The Morgan fingerprint density at radius 3 is 2.61 bits per heavy atom. The Balaban J connectivity index is 2.54. The number of hydrogen-bond acceptors (Lipinski definition) is 5. The highest BCUT2D eigenvalue weighted by atomic mass is 32.2. The summed E-state index contributed by atoms with van der Waals surface area (Å²) in [6, 6.07) is 6.19. The van der Waals surface area contributed by atoms with Gasteiger partial charge in [0.25, 0.3) is 0 Å². The van der Waals surface area contributed by atoms with Gasteiger partial charge < -0.3 is 15.8 Å². The van der Waals surface area contributed by atoms with E-state index in [4.69, 9.17) is 10.5 Å². The molecule has 0 aromatic heterocycles. The summed E-state index contributed by atoms with van der Waals surface area (Å²) in [6.07, 6.45) is 2.16. The van der Waals surface area contributed by atoms with Crippen LogP contribution in [0.5, 0.6) is 5.75 Å². The van der Waals surface area contributed by atoms with E-state index >= 15 is 0 Å². The molecular formula is C16H26N2O4S. The molecule has 0 bridgehead atoms. The Kier molecular flexibility index (Phi) is 7.51. The standard InChI is InChI=1S/C16H26N2O4S/c1-12(2)7-9-22-14-6-4-5-13(11-14)18-16(19)15(17)8-10-23(3,20)21/h4-6,11-12,15H,7-10,17H2,1-3H3,(H,18,19). The summed E-state index contributed by atoms with van der Waals surface area (Å²) in [4.78, 5) is 12.0. The van der Waals surface area contributed by atoms with E-state index in [1.807, 2.05) is 6.07 Å². The van der Waals surface area contributed by atoms with E-state index in [0.717, 1.165) is 12.7 Å². The number of nitrogens with two attached hydrogens (primary N) is 1. The minimum Gasteiger partial charge on any atom is -0.494 e. The van der Waals surface area contributed by atoms with Gasteiger partial charge in [-0.25, -0.2) is 8.42 Å². The topological polar surface area (TPSA) is 98.5 Å². The second-order valence-corrected chi connectivity index (χ2v) is 8.33. The molecule has 1 aromatic rings. The molecule has 130 valence electrons. The molecule has 0 saturated heterocycles. The lowest BCUT2D eigenvalue weighted by Gasteiger charge is -2.13. The molecule has 6 nitrogen and oxygen atoms in total. The fourth-order valence-electron chi connectivity index (χ4n) is 1.78. The Labute approximate surface area is 138 Å². The van der Waals surface area contributed by atoms with Crippen LogP contribution < -0.4 is 15.8 Å². The van der Waals surface area contributed by atoms with Gasteiger partial charge in [0.15, 0.2) is 0 Å². The zero-order valence-electron chi connectivity index (χ0n) is 13.9. The first kappa shape index (κ1) is 19.4. The van der Waals surface area contributed by atoms with Crippen molar-refractivity contribution in [2.75, 3.05) is 23.9 Å². The third-order valence-electron chi connectivity index (χ3n) is 3.20. The Hall–Kier alpha value is -1.60. The van der Waals surface area contributed by atoms with Crippen molar-refractivity contribution in [1.82, 2.24) is 0 Å². The average molecular weight is 342 g/mol. The van der Waals surface area contributed by atoms with Crippen molar-refractivity contribution in [2.24, 2.45) is 11.7 Å². The fourth-order valence-corrected chi connectivity index (χ4v) is 2.47. The molecule has 1 aromatic carbocycles. The van der Waals surface area contributed by atoms with Crippen LogP contribution in [0.2, 0.25) is 0 Å². The zero-order valence-corrected chi connectivity index (χ0v) is 14.7. The summed E-state index contributed by atoms with van der Waals surface area (Å²) in [6.45, 7) is 4.86. The van der Waals surface area contributed by atoms with Gasteiger partial charge in [-0.2, -0.15) is 0 Å². The summed E-state index contributed by atoms with van der Waals surface area (Å²) < 4.78 is 27.8. The molecule has 3 N–H and O–H groups in total. The molecule has 1 rings (SSSR count). The van der Waals surface area contributed by atoms with E-state index in [0.29, 0.717) is 24.0 Å². The minimum atomic E-state index is -3.13. The normalized spacial score (nSPS) is 12.9. The van der Waals surface area contributed by atoms with E-state index in [-0.39, 0.29) is 12.2 Å². The highest BCUT2D eigenvalue weighted by molar-refractivity contribution is 7.90. The number of amides is 1. The molecule has 0 heterocycles. The van der Waals surface area contributed by atoms with E-state index in [1.165, 1.54) is 0 Å². The van der Waals surface area contributed by atoms with E-state index in [2.05, 4.69) is 19.2 Å². The van der Waals surface area contributed by atoms with Gasteiger partial charge in [-0.3, -0.25) is 4.79 Å². The Morgan fingerprint density at radius 1 is 1.30 bits per heavy atom. The van der Waals surface area contributed by atoms with Gasteiger partial charge >= 0.3 is 0 Å². The van der Waals surface area contributed by atoms with E-state index in [9.17, 15) is 13.2 Å². The van der Waals surface area contributed by atoms with Crippen molar-refractivity contribution in [1.29, 1.82) is 0 Å². The van der Waals surface area contributed by atoms with Crippen molar-refractivity contribution in [3.05, 3.63) is 24.3 Å². The van der Waals surface area contributed by atoms with Gasteiger partial charge in [0, 0.05) is 18.0 Å². The Bertz CT molecular complexity index is 614. The summed E-state index contributed by atoms with van der Waals surface area (Å²) in [7, 11) is -3.13. The summed E-state index contributed by atoms with van der Waals surface area (Å²) in [5, 5.41) is 2.68. The molecule has 1 amide bonds. The van der Waals surface area contributed by atoms with Gasteiger partial charge in [-0.15, -0.1) is 0 Å². The number of sulfone groups is 1. The van der Waals surface area contributed by atoms with Crippen LogP contribution >= 0.6 is 0 Å². The smallest absolute Gasteiger partial charge is 0.241 e. The average Bonchev–Trinajstić information content (AvgIpc) is 2.44. The monoisotopic (exact) mass is 342 g/mol. The predicted octanol–water partition coefficient (Wildman–Crippen LogP) is 1.81. The largest absolute Gasteiger partial charge is 0.494 e. The lowest BCUT2D eigenvalue weighted by Crippen LogP contribution is -2.37. The lowest BCUT2D eigenvalue weighted by molar-refractivity contribution is -0.117. The number of hydrogen-bond donors (Lipinski definition) is 2. The molecule has 0 fully saturated rings. The van der Waals surface area contributed by atoms with Gasteiger partial charge in [0.1, 0.15) is 15.6 Å². The number of anilines is 1. The number of rotatable bonds is 9. The number of carbonyl (C=O) groups is 1.